The van der Waals surface area contributed by atoms with Crippen LogP contribution in [0.5, 0.6) is 0 Å². The van der Waals surface area contributed by atoms with E-state index in [4.69, 9.17) is 4.74 Å². The first kappa shape index (κ1) is 19.6. The fourth-order valence-electron chi connectivity index (χ4n) is 4.28. The molecule has 1 aliphatic heterocycles. The number of nitrogens with zero attached hydrogens (tertiary/aromatic N) is 2. The third kappa shape index (κ3) is 5.21. The van der Waals surface area contributed by atoms with Gasteiger partial charge in [-0.3, -0.25) is 9.89 Å². The highest BCUT2D eigenvalue weighted by atomic mass is 32.1. The van der Waals surface area contributed by atoms with E-state index >= 15 is 0 Å². The van der Waals surface area contributed by atoms with Gasteiger partial charge in [0.05, 0.1) is 0 Å². The van der Waals surface area contributed by atoms with Gasteiger partial charge in [0.15, 0.2) is 5.96 Å². The molecule has 6 heteroatoms. The molecule has 2 aliphatic rings. The van der Waals surface area contributed by atoms with E-state index in [1.807, 2.05) is 18.4 Å². The molecule has 1 aromatic heterocycles. The van der Waals surface area contributed by atoms with E-state index in [-0.39, 0.29) is 0 Å². The molecule has 1 aliphatic carbocycles. The van der Waals surface area contributed by atoms with Crippen molar-refractivity contribution in [2.75, 3.05) is 46.9 Å². The van der Waals surface area contributed by atoms with Gasteiger partial charge in [-0.05, 0) is 48.1 Å². The molecule has 5 nitrogen and oxygen atoms in total. The van der Waals surface area contributed by atoms with Crippen LogP contribution in [-0.2, 0) is 17.7 Å². The Morgan fingerprint density at radius 2 is 2.19 bits per heavy atom. The first-order valence-corrected chi connectivity index (χ1v) is 10.8. The van der Waals surface area contributed by atoms with E-state index in [1.165, 1.54) is 44.2 Å². The number of hydrogen-bond acceptors (Lipinski definition) is 4. The van der Waals surface area contributed by atoms with Gasteiger partial charge in [0, 0.05) is 58.4 Å². The zero-order chi connectivity index (χ0) is 18.2. The fourth-order valence-corrected chi connectivity index (χ4v) is 5.17. The molecule has 1 aromatic rings. The van der Waals surface area contributed by atoms with Crippen LogP contribution in [0.1, 0.15) is 42.5 Å². The molecule has 0 unspecified atom stereocenters. The zero-order valence-corrected chi connectivity index (χ0v) is 17.2. The van der Waals surface area contributed by atoms with Crippen molar-refractivity contribution >= 4 is 17.3 Å². The number of rotatable bonds is 8. The van der Waals surface area contributed by atoms with Gasteiger partial charge in [-0.25, -0.2) is 0 Å². The Balaban J connectivity index is 1.39. The number of fused-ring (bicyclic) bond motifs is 1. The Morgan fingerprint density at radius 3 is 2.96 bits per heavy atom. The maximum Gasteiger partial charge on any atom is 0.191 e. The van der Waals surface area contributed by atoms with Gasteiger partial charge in [-0.15, -0.1) is 11.3 Å². The van der Waals surface area contributed by atoms with Crippen molar-refractivity contribution in [2.24, 2.45) is 10.4 Å². The molecule has 3 rings (SSSR count). The van der Waals surface area contributed by atoms with Crippen molar-refractivity contribution < 1.29 is 4.74 Å². The lowest BCUT2D eigenvalue weighted by Crippen LogP contribution is -2.45. The van der Waals surface area contributed by atoms with Crippen LogP contribution < -0.4 is 10.6 Å². The zero-order valence-electron chi connectivity index (χ0n) is 16.4. The third-order valence-electron chi connectivity index (χ3n) is 5.96. The summed E-state index contributed by atoms with van der Waals surface area (Å²) in [5.41, 5.74) is 1.90. The summed E-state index contributed by atoms with van der Waals surface area (Å²) in [6.45, 7) is 6.11. The summed E-state index contributed by atoms with van der Waals surface area (Å²) >= 11 is 1.90. The first-order valence-electron chi connectivity index (χ1n) is 9.96. The highest BCUT2D eigenvalue weighted by Gasteiger charge is 2.33. The van der Waals surface area contributed by atoms with Gasteiger partial charge in [0.25, 0.3) is 0 Å². The predicted molar refractivity (Wildman–Crippen MR) is 110 cm³/mol. The summed E-state index contributed by atoms with van der Waals surface area (Å²) in [4.78, 5) is 8.52. The highest BCUT2D eigenvalue weighted by Crippen LogP contribution is 2.40. The largest absolute Gasteiger partial charge is 0.385 e. The normalized spacial score (nSPS) is 20.2. The fraction of sp³-hybridized carbons (Fsp3) is 0.750. The number of thiophene rings is 1. The lowest BCUT2D eigenvalue weighted by Gasteiger charge is -2.30. The molecule has 0 bridgehead atoms. The van der Waals surface area contributed by atoms with Crippen LogP contribution in [0.25, 0.3) is 0 Å². The summed E-state index contributed by atoms with van der Waals surface area (Å²) in [6, 6.07) is 2.28. The van der Waals surface area contributed by atoms with Gasteiger partial charge in [-0.2, -0.15) is 0 Å². The van der Waals surface area contributed by atoms with Crippen LogP contribution in [0.4, 0.5) is 0 Å². The van der Waals surface area contributed by atoms with E-state index in [2.05, 4.69) is 32.0 Å². The summed E-state index contributed by atoms with van der Waals surface area (Å²) in [5.74, 6) is 0.932. The Hall–Kier alpha value is -1.11. The van der Waals surface area contributed by atoms with Gasteiger partial charge >= 0.3 is 0 Å². The van der Waals surface area contributed by atoms with Crippen molar-refractivity contribution in [3.63, 3.8) is 0 Å². The van der Waals surface area contributed by atoms with E-state index in [1.54, 1.807) is 12.0 Å². The lowest BCUT2D eigenvalue weighted by atomic mass is 9.83. The van der Waals surface area contributed by atoms with Gasteiger partial charge in [0.2, 0.25) is 0 Å². The van der Waals surface area contributed by atoms with Crippen LogP contribution in [0, 0.1) is 5.41 Å². The predicted octanol–water partition coefficient (Wildman–Crippen LogP) is 2.87. The number of aliphatic imine (C=N–C) groups is 1. The monoisotopic (exact) mass is 378 g/mol. The van der Waals surface area contributed by atoms with E-state index in [9.17, 15) is 0 Å². The Kier molecular flexibility index (Phi) is 7.34. The molecule has 0 radical (unpaired) electrons. The number of guanidine groups is 1. The molecule has 0 amide bonds. The number of hydrogen-bond donors (Lipinski definition) is 2. The van der Waals surface area contributed by atoms with Gasteiger partial charge in [-0.1, -0.05) is 12.8 Å². The van der Waals surface area contributed by atoms with Gasteiger partial charge in [0.1, 0.15) is 0 Å². The molecule has 0 aromatic carbocycles. The maximum atomic E-state index is 5.33. The molecule has 0 spiro atoms. The average molecular weight is 379 g/mol. The number of ether oxygens (including phenoxy) is 1. The summed E-state index contributed by atoms with van der Waals surface area (Å²) in [7, 11) is 3.67. The smallest absolute Gasteiger partial charge is 0.191 e. The van der Waals surface area contributed by atoms with Crippen molar-refractivity contribution in [3.8, 4) is 0 Å². The SMILES string of the molecule is CN=C(NCCN1CCc2sccc2C1)NCC1(CCOC)CCCC1. The minimum atomic E-state index is 0.385. The molecule has 2 N–H and O–H groups in total. The Morgan fingerprint density at radius 1 is 1.35 bits per heavy atom. The summed E-state index contributed by atoms with van der Waals surface area (Å²) < 4.78 is 5.33. The molecule has 2 heterocycles. The first-order chi connectivity index (χ1) is 12.7. The van der Waals surface area contributed by atoms with Crippen molar-refractivity contribution in [3.05, 3.63) is 21.9 Å². The lowest BCUT2D eigenvalue weighted by molar-refractivity contribution is 0.138. The molecule has 0 saturated heterocycles. The Bertz CT molecular complexity index is 580. The second-order valence-electron chi connectivity index (χ2n) is 7.70. The second kappa shape index (κ2) is 9.72. The van der Waals surface area contributed by atoms with E-state index in [0.29, 0.717) is 5.41 Å². The molecule has 146 valence electrons. The standard InChI is InChI=1S/C20H34N4OS/c1-21-19(23-16-20(9-13-25-2)7-3-4-8-20)22-10-12-24-11-5-18-17(15-24)6-14-26-18/h6,14H,3-5,7-13,15-16H2,1-2H3,(H2,21,22,23). The average Bonchev–Trinajstić information content (AvgIpc) is 3.32. The van der Waals surface area contributed by atoms with Crippen LogP contribution in [0.2, 0.25) is 0 Å². The quantitative estimate of drug-likeness (QED) is 0.539. The summed E-state index contributed by atoms with van der Waals surface area (Å²) in [5, 5.41) is 9.30. The van der Waals surface area contributed by atoms with Crippen LogP contribution in [-0.4, -0.2) is 57.8 Å². The molecular weight excluding hydrogens is 344 g/mol. The van der Waals surface area contributed by atoms with Crippen LogP contribution in [0.3, 0.4) is 0 Å². The van der Waals surface area contributed by atoms with E-state index in [0.717, 1.165) is 45.2 Å². The summed E-state index contributed by atoms with van der Waals surface area (Å²) in [6.07, 6.45) is 7.63. The third-order valence-corrected chi connectivity index (χ3v) is 6.99. The highest BCUT2D eigenvalue weighted by molar-refractivity contribution is 7.10. The number of nitrogens with one attached hydrogen (secondary N) is 2. The molecule has 1 saturated carbocycles. The minimum Gasteiger partial charge on any atom is -0.385 e. The van der Waals surface area contributed by atoms with Gasteiger partial charge < -0.3 is 15.4 Å². The molecule has 26 heavy (non-hydrogen) atoms. The number of methoxy groups -OCH3 is 1. The minimum absolute atomic E-state index is 0.385. The van der Waals surface area contributed by atoms with Crippen molar-refractivity contribution in [1.82, 2.24) is 15.5 Å². The second-order valence-corrected chi connectivity index (χ2v) is 8.70. The van der Waals surface area contributed by atoms with Crippen LogP contribution >= 0.6 is 11.3 Å². The van der Waals surface area contributed by atoms with Crippen molar-refractivity contribution in [1.29, 1.82) is 0 Å². The molecular formula is C20H34N4OS. The topological polar surface area (TPSA) is 48.9 Å². The molecule has 0 atom stereocenters. The maximum absolute atomic E-state index is 5.33. The van der Waals surface area contributed by atoms with Crippen LogP contribution in [0.15, 0.2) is 16.4 Å². The van der Waals surface area contributed by atoms with Crippen molar-refractivity contribution in [2.45, 2.75) is 45.1 Å². The van der Waals surface area contributed by atoms with E-state index < -0.39 is 0 Å². The molecule has 1 fully saturated rings. The Labute approximate surface area is 162 Å².